The van der Waals surface area contributed by atoms with E-state index in [0.29, 0.717) is 17.2 Å². The molecule has 6 heteroatoms. The Morgan fingerprint density at radius 2 is 1.69 bits per heavy atom. The van der Waals surface area contributed by atoms with E-state index in [0.717, 1.165) is 0 Å². The Hall–Kier alpha value is -3.67. The number of nitrogens with zero attached hydrogens (tertiary/aromatic N) is 1. The predicted octanol–water partition coefficient (Wildman–Crippen LogP) is 3.67. The number of esters is 1. The first-order valence-corrected chi connectivity index (χ1v) is 7.91. The van der Waals surface area contributed by atoms with Crippen LogP contribution in [0.5, 0.6) is 11.5 Å². The molecule has 0 aliphatic rings. The van der Waals surface area contributed by atoms with Gasteiger partial charge >= 0.3 is 5.97 Å². The summed E-state index contributed by atoms with van der Waals surface area (Å²) in [4.78, 5) is 28.2. The van der Waals surface area contributed by atoms with Gasteiger partial charge < -0.3 is 14.8 Å². The summed E-state index contributed by atoms with van der Waals surface area (Å²) in [5.41, 5.74) is 0.859. The molecule has 26 heavy (non-hydrogen) atoms. The topological polar surface area (TPSA) is 77.5 Å². The van der Waals surface area contributed by atoms with Crippen LogP contribution in [0, 0.1) is 0 Å². The van der Waals surface area contributed by atoms with Gasteiger partial charge in [-0.3, -0.25) is 9.78 Å². The number of carbonyl (C=O) groups excluding carboxylic acids is 2. The molecule has 0 aliphatic carbocycles. The van der Waals surface area contributed by atoms with E-state index in [-0.39, 0.29) is 5.56 Å². The van der Waals surface area contributed by atoms with E-state index < -0.39 is 18.5 Å². The average Bonchev–Trinajstić information content (AvgIpc) is 2.68. The van der Waals surface area contributed by atoms with Crippen LogP contribution in [0.2, 0.25) is 0 Å². The van der Waals surface area contributed by atoms with Crippen LogP contribution in [0.15, 0.2) is 79.1 Å². The zero-order valence-corrected chi connectivity index (χ0v) is 13.8. The van der Waals surface area contributed by atoms with Crippen molar-refractivity contribution in [2.45, 2.75) is 0 Å². The van der Waals surface area contributed by atoms with Crippen LogP contribution in [-0.2, 0) is 9.53 Å². The molecule has 0 saturated carbocycles. The fraction of sp³-hybridized carbons (Fsp3) is 0.0500. The molecule has 1 N–H and O–H groups in total. The standard InChI is InChI=1S/C20H16N2O4/c23-19(22-15-7-2-1-3-8-15)14-25-20(24)17-10-4-5-11-18(17)26-16-9-6-12-21-13-16/h1-13H,14H2,(H,22,23). The fourth-order valence-corrected chi connectivity index (χ4v) is 2.19. The molecule has 0 bridgehead atoms. The SMILES string of the molecule is O=C(COC(=O)c1ccccc1Oc1cccnc1)Nc1ccccc1. The number of anilines is 1. The molecule has 1 aromatic heterocycles. The van der Waals surface area contributed by atoms with Crippen molar-refractivity contribution in [1.29, 1.82) is 0 Å². The summed E-state index contributed by atoms with van der Waals surface area (Å²) >= 11 is 0. The molecular weight excluding hydrogens is 332 g/mol. The minimum atomic E-state index is -0.646. The summed E-state index contributed by atoms with van der Waals surface area (Å²) in [6.07, 6.45) is 3.16. The van der Waals surface area contributed by atoms with Crippen molar-refractivity contribution >= 4 is 17.6 Å². The van der Waals surface area contributed by atoms with E-state index in [1.54, 1.807) is 66.9 Å². The number of nitrogens with one attached hydrogen (secondary N) is 1. The monoisotopic (exact) mass is 348 g/mol. The maximum atomic E-state index is 12.3. The van der Waals surface area contributed by atoms with Gasteiger partial charge in [0.25, 0.3) is 5.91 Å². The Labute approximate surface area is 150 Å². The minimum absolute atomic E-state index is 0.226. The summed E-state index contributed by atoms with van der Waals surface area (Å²) in [6.45, 7) is -0.394. The smallest absolute Gasteiger partial charge is 0.342 e. The fourth-order valence-electron chi connectivity index (χ4n) is 2.19. The van der Waals surface area contributed by atoms with Gasteiger partial charge in [0.15, 0.2) is 6.61 Å². The highest BCUT2D eigenvalue weighted by molar-refractivity contribution is 5.96. The number of hydrogen-bond acceptors (Lipinski definition) is 5. The van der Waals surface area contributed by atoms with Crippen LogP contribution < -0.4 is 10.1 Å². The number of aromatic nitrogens is 1. The van der Waals surface area contributed by atoms with Gasteiger partial charge in [-0.05, 0) is 36.4 Å². The van der Waals surface area contributed by atoms with Gasteiger partial charge in [0.1, 0.15) is 17.1 Å². The number of ether oxygens (including phenoxy) is 2. The molecule has 0 atom stereocenters. The van der Waals surface area contributed by atoms with Crippen molar-refractivity contribution in [3.05, 3.63) is 84.7 Å². The Balaban J connectivity index is 1.62. The Kier molecular flexibility index (Phi) is 5.57. The van der Waals surface area contributed by atoms with Gasteiger partial charge in [-0.25, -0.2) is 4.79 Å². The van der Waals surface area contributed by atoms with Gasteiger partial charge in [-0.15, -0.1) is 0 Å². The van der Waals surface area contributed by atoms with Crippen LogP contribution in [0.1, 0.15) is 10.4 Å². The molecule has 0 aliphatic heterocycles. The van der Waals surface area contributed by atoms with E-state index in [2.05, 4.69) is 10.3 Å². The molecule has 3 rings (SSSR count). The first kappa shape index (κ1) is 17.2. The first-order chi connectivity index (χ1) is 12.7. The zero-order valence-electron chi connectivity index (χ0n) is 13.8. The van der Waals surface area contributed by atoms with Gasteiger partial charge in [0.2, 0.25) is 0 Å². The molecule has 6 nitrogen and oxygen atoms in total. The minimum Gasteiger partial charge on any atom is -0.455 e. The van der Waals surface area contributed by atoms with E-state index in [4.69, 9.17) is 9.47 Å². The van der Waals surface area contributed by atoms with E-state index in [1.165, 1.54) is 6.20 Å². The third-order valence-electron chi connectivity index (χ3n) is 3.36. The molecule has 130 valence electrons. The number of hydrogen-bond donors (Lipinski definition) is 1. The number of benzene rings is 2. The second-order valence-electron chi connectivity index (χ2n) is 5.28. The van der Waals surface area contributed by atoms with E-state index in [1.807, 2.05) is 6.07 Å². The average molecular weight is 348 g/mol. The van der Waals surface area contributed by atoms with Crippen molar-refractivity contribution < 1.29 is 19.1 Å². The van der Waals surface area contributed by atoms with Gasteiger partial charge in [-0.2, -0.15) is 0 Å². The van der Waals surface area contributed by atoms with Crippen LogP contribution in [0.4, 0.5) is 5.69 Å². The molecule has 3 aromatic rings. The highest BCUT2D eigenvalue weighted by Gasteiger charge is 2.16. The third kappa shape index (κ3) is 4.67. The first-order valence-electron chi connectivity index (χ1n) is 7.91. The van der Waals surface area contributed by atoms with E-state index >= 15 is 0 Å². The summed E-state index contributed by atoms with van der Waals surface area (Å²) in [5, 5.41) is 2.65. The van der Waals surface area contributed by atoms with Crippen LogP contribution >= 0.6 is 0 Å². The van der Waals surface area contributed by atoms with Gasteiger partial charge in [0.05, 0.1) is 6.20 Å². The number of carbonyl (C=O) groups is 2. The third-order valence-corrected chi connectivity index (χ3v) is 3.36. The molecule has 0 radical (unpaired) electrons. The summed E-state index contributed by atoms with van der Waals surface area (Å²) < 4.78 is 10.8. The number of para-hydroxylation sites is 2. The second-order valence-corrected chi connectivity index (χ2v) is 5.28. The van der Waals surface area contributed by atoms with Crippen molar-refractivity contribution in [1.82, 2.24) is 4.98 Å². The summed E-state index contributed by atoms with van der Waals surface area (Å²) in [7, 11) is 0. The van der Waals surface area contributed by atoms with Crippen molar-refractivity contribution in [2.24, 2.45) is 0 Å². The largest absolute Gasteiger partial charge is 0.455 e. The molecule has 0 spiro atoms. The number of pyridine rings is 1. The van der Waals surface area contributed by atoms with Gasteiger partial charge in [0, 0.05) is 11.9 Å². The molecule has 1 amide bonds. The lowest BCUT2D eigenvalue weighted by atomic mass is 10.2. The quantitative estimate of drug-likeness (QED) is 0.688. The number of rotatable bonds is 6. The van der Waals surface area contributed by atoms with Crippen LogP contribution in [-0.4, -0.2) is 23.5 Å². The highest BCUT2D eigenvalue weighted by Crippen LogP contribution is 2.25. The molecular formula is C20H16N2O4. The maximum Gasteiger partial charge on any atom is 0.342 e. The molecule has 1 heterocycles. The van der Waals surface area contributed by atoms with Crippen molar-refractivity contribution in [3.63, 3.8) is 0 Å². The van der Waals surface area contributed by atoms with Crippen LogP contribution in [0.25, 0.3) is 0 Å². The molecule has 0 saturated heterocycles. The molecule has 2 aromatic carbocycles. The second kappa shape index (κ2) is 8.43. The maximum absolute atomic E-state index is 12.3. The highest BCUT2D eigenvalue weighted by atomic mass is 16.5. The Bertz CT molecular complexity index is 883. The lowest BCUT2D eigenvalue weighted by Crippen LogP contribution is -2.21. The zero-order chi connectivity index (χ0) is 18.2. The summed E-state index contributed by atoms with van der Waals surface area (Å²) in [6, 6.07) is 19.0. The normalized spacial score (nSPS) is 10.0. The number of amides is 1. The molecule has 0 unspecified atom stereocenters. The van der Waals surface area contributed by atoms with Crippen molar-refractivity contribution in [2.75, 3.05) is 11.9 Å². The Morgan fingerprint density at radius 3 is 2.46 bits per heavy atom. The molecule has 0 fully saturated rings. The van der Waals surface area contributed by atoms with E-state index in [9.17, 15) is 9.59 Å². The predicted molar refractivity (Wildman–Crippen MR) is 96.1 cm³/mol. The Morgan fingerprint density at radius 1 is 0.923 bits per heavy atom. The lowest BCUT2D eigenvalue weighted by molar-refractivity contribution is -0.119. The summed E-state index contributed by atoms with van der Waals surface area (Å²) in [5.74, 6) is -0.244. The van der Waals surface area contributed by atoms with Crippen molar-refractivity contribution in [3.8, 4) is 11.5 Å². The lowest BCUT2D eigenvalue weighted by Gasteiger charge is -2.11. The van der Waals surface area contributed by atoms with Crippen LogP contribution in [0.3, 0.4) is 0 Å². The van der Waals surface area contributed by atoms with Gasteiger partial charge in [-0.1, -0.05) is 30.3 Å².